The van der Waals surface area contributed by atoms with E-state index in [2.05, 4.69) is 10.3 Å². The van der Waals surface area contributed by atoms with Crippen LogP contribution in [0.4, 0.5) is 4.39 Å². The number of carbonyl (C=O) groups excluding carboxylic acids is 1. The Kier molecular flexibility index (Phi) is 6.35. The van der Waals surface area contributed by atoms with Crippen LogP contribution in [0.3, 0.4) is 0 Å². The highest BCUT2D eigenvalue weighted by Crippen LogP contribution is 2.26. The number of benzene rings is 2. The number of halogens is 1. The lowest BCUT2D eigenvalue weighted by Gasteiger charge is -2.19. The second-order valence-electron chi connectivity index (χ2n) is 7.42. The predicted molar refractivity (Wildman–Crippen MR) is 119 cm³/mol. The van der Waals surface area contributed by atoms with Crippen LogP contribution >= 0.6 is 0 Å². The van der Waals surface area contributed by atoms with Gasteiger partial charge in [0, 0.05) is 32.3 Å². The Morgan fingerprint density at radius 2 is 2.03 bits per heavy atom. The first-order valence-electron chi connectivity index (χ1n) is 10.3. The number of amides is 1. The Labute approximate surface area is 185 Å². The van der Waals surface area contributed by atoms with E-state index in [0.717, 1.165) is 5.56 Å². The van der Waals surface area contributed by atoms with Gasteiger partial charge in [-0.25, -0.2) is 9.37 Å². The number of aromatic nitrogens is 2. The van der Waals surface area contributed by atoms with Gasteiger partial charge < -0.3 is 19.0 Å². The number of imidazole rings is 1. The van der Waals surface area contributed by atoms with Crippen LogP contribution in [-0.2, 0) is 18.3 Å². The van der Waals surface area contributed by atoms with Crippen molar-refractivity contribution in [2.45, 2.75) is 18.9 Å². The van der Waals surface area contributed by atoms with Gasteiger partial charge in [0.15, 0.2) is 0 Å². The third kappa shape index (κ3) is 4.72. The summed E-state index contributed by atoms with van der Waals surface area (Å²) >= 11 is 0. The number of hydrogen-bond donors (Lipinski definition) is 1. The van der Waals surface area contributed by atoms with Gasteiger partial charge in [0.05, 0.1) is 12.7 Å². The summed E-state index contributed by atoms with van der Waals surface area (Å²) in [5.74, 6) is 1.99. The average molecular weight is 433 g/mol. The fraction of sp³-hybridized carbons (Fsp3) is 0.200. The highest BCUT2D eigenvalue weighted by Gasteiger charge is 2.21. The molecule has 6 nitrogen and oxygen atoms in total. The summed E-state index contributed by atoms with van der Waals surface area (Å²) in [6, 6.07) is 17.0. The van der Waals surface area contributed by atoms with Gasteiger partial charge in [-0.2, -0.15) is 0 Å². The minimum absolute atomic E-state index is 0.148. The standard InChI is InChI=1S/C25H24FN3O3/c1-29-15-14-27-25(29)24(17-6-5-7-19(16-17)31-2)28-23(30)13-11-18-10-12-22(32-18)20-8-3-4-9-21(20)26/h3-10,12,14-16,24H,11,13H2,1-2H3,(H,28,30). The highest BCUT2D eigenvalue weighted by atomic mass is 19.1. The molecule has 2 aromatic heterocycles. The maximum absolute atomic E-state index is 14.0. The van der Waals surface area contributed by atoms with E-state index in [1.54, 1.807) is 43.6 Å². The van der Waals surface area contributed by atoms with E-state index in [1.807, 2.05) is 42.1 Å². The van der Waals surface area contributed by atoms with E-state index in [1.165, 1.54) is 6.07 Å². The van der Waals surface area contributed by atoms with E-state index >= 15 is 0 Å². The van der Waals surface area contributed by atoms with Crippen molar-refractivity contribution in [3.63, 3.8) is 0 Å². The Morgan fingerprint density at radius 1 is 1.19 bits per heavy atom. The molecule has 0 aliphatic carbocycles. The van der Waals surface area contributed by atoms with Crippen molar-refractivity contribution >= 4 is 5.91 Å². The van der Waals surface area contributed by atoms with Crippen LogP contribution in [0.15, 0.2) is 77.5 Å². The van der Waals surface area contributed by atoms with Crippen LogP contribution in [0, 0.1) is 5.82 Å². The number of rotatable bonds is 8. The molecule has 0 saturated heterocycles. The lowest BCUT2D eigenvalue weighted by Crippen LogP contribution is -2.31. The molecular weight excluding hydrogens is 409 g/mol. The van der Waals surface area contributed by atoms with Gasteiger partial charge in [0.1, 0.15) is 35.0 Å². The minimum atomic E-state index is -0.428. The molecule has 0 radical (unpaired) electrons. The largest absolute Gasteiger partial charge is 0.497 e. The summed E-state index contributed by atoms with van der Waals surface area (Å²) in [6.07, 6.45) is 4.14. The van der Waals surface area contributed by atoms with Crippen LogP contribution < -0.4 is 10.1 Å². The van der Waals surface area contributed by atoms with Gasteiger partial charge in [0.25, 0.3) is 0 Å². The van der Waals surface area contributed by atoms with Crippen molar-refractivity contribution in [2.24, 2.45) is 7.05 Å². The number of hydrogen-bond acceptors (Lipinski definition) is 4. The highest BCUT2D eigenvalue weighted by molar-refractivity contribution is 5.77. The Balaban J connectivity index is 1.46. The van der Waals surface area contributed by atoms with Crippen LogP contribution in [0.5, 0.6) is 5.75 Å². The summed E-state index contributed by atoms with van der Waals surface area (Å²) in [7, 11) is 3.49. The average Bonchev–Trinajstić information content (AvgIpc) is 3.45. The maximum Gasteiger partial charge on any atom is 0.221 e. The van der Waals surface area contributed by atoms with Gasteiger partial charge in [0.2, 0.25) is 5.91 Å². The number of aryl methyl sites for hydroxylation is 2. The zero-order chi connectivity index (χ0) is 22.5. The Hall–Kier alpha value is -3.87. The third-order valence-corrected chi connectivity index (χ3v) is 5.25. The number of ether oxygens (including phenoxy) is 1. The molecule has 1 unspecified atom stereocenters. The van der Waals surface area contributed by atoms with E-state index < -0.39 is 6.04 Å². The van der Waals surface area contributed by atoms with Gasteiger partial charge >= 0.3 is 0 Å². The fourth-order valence-electron chi connectivity index (χ4n) is 3.56. The normalized spacial score (nSPS) is 11.8. The van der Waals surface area contributed by atoms with Crippen molar-refractivity contribution in [1.82, 2.24) is 14.9 Å². The number of methoxy groups -OCH3 is 1. The van der Waals surface area contributed by atoms with E-state index in [0.29, 0.717) is 35.1 Å². The molecule has 1 amide bonds. The lowest BCUT2D eigenvalue weighted by molar-refractivity contribution is -0.121. The second kappa shape index (κ2) is 9.51. The minimum Gasteiger partial charge on any atom is -0.497 e. The zero-order valence-corrected chi connectivity index (χ0v) is 17.9. The number of carbonyl (C=O) groups is 1. The van der Waals surface area contributed by atoms with E-state index in [4.69, 9.17) is 9.15 Å². The molecule has 4 aromatic rings. The molecule has 0 bridgehead atoms. The Morgan fingerprint density at radius 3 is 2.78 bits per heavy atom. The molecule has 1 atom stereocenters. The van der Waals surface area contributed by atoms with Crippen LogP contribution in [0.1, 0.15) is 29.6 Å². The molecule has 0 aliphatic heterocycles. The molecule has 0 aliphatic rings. The predicted octanol–water partition coefficient (Wildman–Crippen LogP) is 4.67. The maximum atomic E-state index is 14.0. The van der Waals surface area contributed by atoms with Gasteiger partial charge in [-0.1, -0.05) is 24.3 Å². The van der Waals surface area contributed by atoms with Crippen molar-refractivity contribution in [2.75, 3.05) is 7.11 Å². The van der Waals surface area contributed by atoms with E-state index in [9.17, 15) is 9.18 Å². The SMILES string of the molecule is COc1cccc(C(NC(=O)CCc2ccc(-c3ccccc3F)o2)c2nccn2C)c1. The smallest absolute Gasteiger partial charge is 0.221 e. The van der Waals surface area contributed by atoms with Crippen molar-refractivity contribution in [3.8, 4) is 17.1 Å². The molecule has 0 saturated carbocycles. The molecule has 4 rings (SSSR count). The van der Waals surface area contributed by atoms with Crippen LogP contribution in [0.2, 0.25) is 0 Å². The fourth-order valence-corrected chi connectivity index (χ4v) is 3.56. The van der Waals surface area contributed by atoms with E-state index in [-0.39, 0.29) is 18.1 Å². The molecule has 7 heteroatoms. The monoisotopic (exact) mass is 433 g/mol. The Bertz CT molecular complexity index is 1210. The topological polar surface area (TPSA) is 69.3 Å². The summed E-state index contributed by atoms with van der Waals surface area (Å²) in [4.78, 5) is 17.2. The second-order valence-corrected chi connectivity index (χ2v) is 7.42. The zero-order valence-electron chi connectivity index (χ0n) is 17.9. The molecule has 1 N–H and O–H groups in total. The van der Waals surface area contributed by atoms with Crippen molar-refractivity contribution < 1.29 is 18.3 Å². The summed E-state index contributed by atoms with van der Waals surface area (Å²) in [6.45, 7) is 0. The lowest BCUT2D eigenvalue weighted by atomic mass is 10.1. The molecule has 164 valence electrons. The van der Waals surface area contributed by atoms with Gasteiger partial charge in [-0.05, 0) is 42.0 Å². The van der Waals surface area contributed by atoms with Gasteiger partial charge in [-0.3, -0.25) is 4.79 Å². The summed E-state index contributed by atoms with van der Waals surface area (Å²) in [5.41, 5.74) is 1.27. The summed E-state index contributed by atoms with van der Waals surface area (Å²) < 4.78 is 26.9. The summed E-state index contributed by atoms with van der Waals surface area (Å²) in [5, 5.41) is 3.07. The molecule has 32 heavy (non-hydrogen) atoms. The first-order chi connectivity index (χ1) is 15.5. The van der Waals surface area contributed by atoms with Crippen molar-refractivity contribution in [1.29, 1.82) is 0 Å². The van der Waals surface area contributed by atoms with Crippen LogP contribution in [0.25, 0.3) is 11.3 Å². The quantitative estimate of drug-likeness (QED) is 0.439. The molecule has 2 heterocycles. The number of nitrogens with zero attached hydrogens (tertiary/aromatic N) is 2. The molecule has 0 fully saturated rings. The van der Waals surface area contributed by atoms with Crippen molar-refractivity contribution in [3.05, 3.63) is 96.0 Å². The first-order valence-corrected chi connectivity index (χ1v) is 10.3. The third-order valence-electron chi connectivity index (χ3n) is 5.25. The first kappa shape index (κ1) is 21.4. The molecule has 2 aromatic carbocycles. The van der Waals surface area contributed by atoms with Crippen LogP contribution in [-0.4, -0.2) is 22.6 Å². The number of furan rings is 1. The molecule has 0 spiro atoms. The van der Waals surface area contributed by atoms with Gasteiger partial charge in [-0.15, -0.1) is 0 Å². The molecular formula is C25H24FN3O3. The number of nitrogens with one attached hydrogen (secondary N) is 1.